The molecule has 22 heavy (non-hydrogen) atoms. The zero-order chi connectivity index (χ0) is 15.4. The predicted molar refractivity (Wildman–Crippen MR) is 85.5 cm³/mol. The number of rotatable bonds is 4. The number of esters is 1. The Labute approximate surface area is 132 Å². The minimum absolute atomic E-state index is 0.193. The lowest BCUT2D eigenvalue weighted by molar-refractivity contribution is -0.128. The standard InChI is InChI=1S/C17H14O4S/c1-22-14-6-2-12(3-7-14)4-9-17(18)21-13-5-8-15-16(10-13)20-11-19-15/h2-10H,11H2,1H3/b9-4+. The van der Waals surface area contributed by atoms with E-state index in [9.17, 15) is 4.79 Å². The number of thioether (sulfide) groups is 1. The van der Waals surface area contributed by atoms with Gasteiger partial charge in [0.25, 0.3) is 0 Å². The molecular formula is C17H14O4S. The second-order valence-electron chi connectivity index (χ2n) is 4.54. The van der Waals surface area contributed by atoms with E-state index < -0.39 is 5.97 Å². The summed E-state index contributed by atoms with van der Waals surface area (Å²) in [6.45, 7) is 0.193. The molecule has 0 amide bonds. The summed E-state index contributed by atoms with van der Waals surface area (Å²) in [6.07, 6.45) is 5.14. The fourth-order valence-corrected chi connectivity index (χ4v) is 2.38. The summed E-state index contributed by atoms with van der Waals surface area (Å²) in [5.74, 6) is 1.23. The first kappa shape index (κ1) is 14.5. The largest absolute Gasteiger partial charge is 0.454 e. The van der Waals surface area contributed by atoms with E-state index in [0.717, 1.165) is 5.56 Å². The topological polar surface area (TPSA) is 44.8 Å². The number of benzene rings is 2. The molecule has 3 rings (SSSR count). The van der Waals surface area contributed by atoms with E-state index in [1.807, 2.05) is 30.5 Å². The smallest absolute Gasteiger partial charge is 0.336 e. The summed E-state index contributed by atoms with van der Waals surface area (Å²) in [5, 5.41) is 0. The third kappa shape index (κ3) is 3.43. The van der Waals surface area contributed by atoms with Crippen molar-refractivity contribution in [2.24, 2.45) is 0 Å². The van der Waals surface area contributed by atoms with Crippen LogP contribution in [0.25, 0.3) is 6.08 Å². The van der Waals surface area contributed by atoms with E-state index in [1.165, 1.54) is 11.0 Å². The normalized spacial score (nSPS) is 12.6. The average molecular weight is 314 g/mol. The maximum atomic E-state index is 11.8. The van der Waals surface area contributed by atoms with Crippen LogP contribution >= 0.6 is 11.8 Å². The van der Waals surface area contributed by atoms with Crippen LogP contribution < -0.4 is 14.2 Å². The molecule has 112 valence electrons. The second kappa shape index (κ2) is 6.58. The number of ether oxygens (including phenoxy) is 3. The summed E-state index contributed by atoms with van der Waals surface area (Å²) in [6, 6.07) is 13.0. The van der Waals surface area contributed by atoms with E-state index in [0.29, 0.717) is 17.2 Å². The molecule has 0 fully saturated rings. The first-order valence-corrected chi connectivity index (χ1v) is 7.91. The van der Waals surface area contributed by atoms with Gasteiger partial charge < -0.3 is 14.2 Å². The van der Waals surface area contributed by atoms with Crippen molar-refractivity contribution >= 4 is 23.8 Å². The lowest BCUT2D eigenvalue weighted by Gasteiger charge is -2.02. The molecule has 0 atom stereocenters. The lowest BCUT2D eigenvalue weighted by atomic mass is 10.2. The van der Waals surface area contributed by atoms with Gasteiger partial charge in [0.2, 0.25) is 6.79 Å². The Morgan fingerprint density at radius 2 is 1.91 bits per heavy atom. The van der Waals surface area contributed by atoms with Crippen LogP contribution in [0.3, 0.4) is 0 Å². The summed E-state index contributed by atoms with van der Waals surface area (Å²) >= 11 is 1.68. The van der Waals surface area contributed by atoms with Crippen molar-refractivity contribution in [3.63, 3.8) is 0 Å². The van der Waals surface area contributed by atoms with Crippen molar-refractivity contribution in [1.29, 1.82) is 0 Å². The molecule has 4 nitrogen and oxygen atoms in total. The fraction of sp³-hybridized carbons (Fsp3) is 0.118. The SMILES string of the molecule is CSc1ccc(/C=C/C(=O)Oc2ccc3c(c2)OCO3)cc1. The Hall–Kier alpha value is -2.40. The molecule has 0 N–H and O–H groups in total. The van der Waals surface area contributed by atoms with Gasteiger partial charge in [-0.2, -0.15) is 0 Å². The van der Waals surface area contributed by atoms with E-state index >= 15 is 0 Å². The molecule has 0 radical (unpaired) electrons. The van der Waals surface area contributed by atoms with Crippen molar-refractivity contribution in [2.75, 3.05) is 13.0 Å². The van der Waals surface area contributed by atoms with Gasteiger partial charge in [-0.1, -0.05) is 12.1 Å². The maximum absolute atomic E-state index is 11.8. The van der Waals surface area contributed by atoms with Crippen LogP contribution in [0, 0.1) is 0 Å². The van der Waals surface area contributed by atoms with Gasteiger partial charge in [0.05, 0.1) is 0 Å². The van der Waals surface area contributed by atoms with E-state index in [2.05, 4.69) is 0 Å². The van der Waals surface area contributed by atoms with E-state index in [1.54, 1.807) is 36.0 Å². The highest BCUT2D eigenvalue weighted by Crippen LogP contribution is 2.35. The van der Waals surface area contributed by atoms with Crippen molar-refractivity contribution in [3.05, 3.63) is 54.1 Å². The van der Waals surface area contributed by atoms with Crippen molar-refractivity contribution in [2.45, 2.75) is 4.90 Å². The highest BCUT2D eigenvalue weighted by Gasteiger charge is 2.14. The van der Waals surface area contributed by atoms with Crippen LogP contribution in [0.15, 0.2) is 53.4 Å². The monoisotopic (exact) mass is 314 g/mol. The first-order chi connectivity index (χ1) is 10.7. The highest BCUT2D eigenvalue weighted by atomic mass is 32.2. The van der Waals surface area contributed by atoms with Gasteiger partial charge in [-0.25, -0.2) is 4.79 Å². The number of carbonyl (C=O) groups excluding carboxylic acids is 1. The van der Waals surface area contributed by atoms with Gasteiger partial charge in [-0.05, 0) is 42.2 Å². The second-order valence-corrected chi connectivity index (χ2v) is 5.42. The molecule has 0 unspecified atom stereocenters. The van der Waals surface area contributed by atoms with Crippen LogP contribution in [0.4, 0.5) is 0 Å². The molecule has 2 aromatic rings. The maximum Gasteiger partial charge on any atom is 0.336 e. The molecule has 0 aliphatic carbocycles. The quantitative estimate of drug-likeness (QED) is 0.372. The number of carbonyl (C=O) groups is 1. The summed E-state index contributed by atoms with van der Waals surface area (Å²) in [4.78, 5) is 13.0. The van der Waals surface area contributed by atoms with Gasteiger partial charge in [-0.15, -0.1) is 11.8 Å². The third-order valence-corrected chi connectivity index (χ3v) is 3.83. The summed E-state index contributed by atoms with van der Waals surface area (Å²) < 4.78 is 15.7. The summed E-state index contributed by atoms with van der Waals surface area (Å²) in [7, 11) is 0. The Bertz CT molecular complexity index is 707. The minimum atomic E-state index is -0.437. The lowest BCUT2D eigenvalue weighted by Crippen LogP contribution is -2.03. The Kier molecular flexibility index (Phi) is 4.34. The first-order valence-electron chi connectivity index (χ1n) is 6.68. The predicted octanol–water partition coefficient (Wildman–Crippen LogP) is 3.76. The third-order valence-electron chi connectivity index (χ3n) is 3.09. The van der Waals surface area contributed by atoms with Crippen molar-refractivity contribution < 1.29 is 19.0 Å². The number of fused-ring (bicyclic) bond motifs is 1. The molecular weight excluding hydrogens is 300 g/mol. The zero-order valence-corrected chi connectivity index (χ0v) is 12.8. The van der Waals surface area contributed by atoms with Crippen LogP contribution in [0.2, 0.25) is 0 Å². The van der Waals surface area contributed by atoms with Gasteiger partial charge >= 0.3 is 5.97 Å². The minimum Gasteiger partial charge on any atom is -0.454 e. The van der Waals surface area contributed by atoms with Gasteiger partial charge in [-0.3, -0.25) is 0 Å². The van der Waals surface area contributed by atoms with Crippen molar-refractivity contribution in [3.8, 4) is 17.2 Å². The number of hydrogen-bond acceptors (Lipinski definition) is 5. The molecule has 1 aliphatic heterocycles. The van der Waals surface area contributed by atoms with Crippen LogP contribution in [-0.4, -0.2) is 19.0 Å². The van der Waals surface area contributed by atoms with E-state index in [-0.39, 0.29) is 6.79 Å². The molecule has 0 saturated carbocycles. The molecule has 1 heterocycles. The highest BCUT2D eigenvalue weighted by molar-refractivity contribution is 7.98. The number of hydrogen-bond donors (Lipinski definition) is 0. The Balaban J connectivity index is 1.63. The molecule has 1 aliphatic rings. The fourth-order valence-electron chi connectivity index (χ4n) is 1.97. The molecule has 5 heteroatoms. The molecule has 2 aromatic carbocycles. The Morgan fingerprint density at radius 1 is 1.14 bits per heavy atom. The van der Waals surface area contributed by atoms with Crippen LogP contribution in [0.1, 0.15) is 5.56 Å². The van der Waals surface area contributed by atoms with Gasteiger partial charge in [0.1, 0.15) is 5.75 Å². The molecule has 0 aromatic heterocycles. The zero-order valence-electron chi connectivity index (χ0n) is 11.9. The Morgan fingerprint density at radius 3 is 2.68 bits per heavy atom. The molecule has 0 saturated heterocycles. The average Bonchev–Trinajstić information content (AvgIpc) is 3.01. The summed E-state index contributed by atoms with van der Waals surface area (Å²) in [5.41, 5.74) is 0.945. The van der Waals surface area contributed by atoms with Gasteiger partial charge in [0, 0.05) is 17.0 Å². The molecule has 0 spiro atoms. The van der Waals surface area contributed by atoms with Crippen molar-refractivity contribution in [1.82, 2.24) is 0 Å². The van der Waals surface area contributed by atoms with Crippen LogP contribution in [-0.2, 0) is 4.79 Å². The van der Waals surface area contributed by atoms with E-state index in [4.69, 9.17) is 14.2 Å². The van der Waals surface area contributed by atoms with Gasteiger partial charge in [0.15, 0.2) is 11.5 Å². The van der Waals surface area contributed by atoms with Crippen LogP contribution in [0.5, 0.6) is 17.2 Å². The molecule has 0 bridgehead atoms.